The van der Waals surface area contributed by atoms with E-state index in [-0.39, 0.29) is 5.82 Å². The van der Waals surface area contributed by atoms with Gasteiger partial charge in [-0.3, -0.25) is 4.40 Å². The number of halogens is 1. The third-order valence-electron chi connectivity index (χ3n) is 3.31. The van der Waals surface area contributed by atoms with Crippen LogP contribution >= 0.6 is 0 Å². The lowest BCUT2D eigenvalue weighted by atomic mass is 10.1. The fourth-order valence-electron chi connectivity index (χ4n) is 2.23. The summed E-state index contributed by atoms with van der Waals surface area (Å²) in [5.74, 6) is 0.354. The number of aryl methyl sites for hydroxylation is 2. The number of rotatable bonds is 1. The summed E-state index contributed by atoms with van der Waals surface area (Å²) >= 11 is 0. The summed E-state index contributed by atoms with van der Waals surface area (Å²) in [5.41, 5.74) is 10.1. The largest absolute Gasteiger partial charge is 0.383 e. The van der Waals surface area contributed by atoms with Crippen LogP contribution in [0.2, 0.25) is 0 Å². The summed E-state index contributed by atoms with van der Waals surface area (Å²) in [7, 11) is 0. The van der Waals surface area contributed by atoms with E-state index >= 15 is 0 Å². The molecule has 3 aromatic rings. The molecule has 0 saturated carbocycles. The maximum absolute atomic E-state index is 13.3. The molecule has 0 spiro atoms. The van der Waals surface area contributed by atoms with Crippen LogP contribution in [0.5, 0.6) is 0 Å². The molecule has 0 radical (unpaired) electrons. The number of pyridine rings is 1. The van der Waals surface area contributed by atoms with E-state index in [9.17, 15) is 4.39 Å². The van der Waals surface area contributed by atoms with Crippen molar-refractivity contribution >= 4 is 11.5 Å². The normalized spacial score (nSPS) is 11.1. The summed E-state index contributed by atoms with van der Waals surface area (Å²) in [5, 5.41) is 0. The molecular weight excluding hydrogens is 241 g/mol. The minimum absolute atomic E-state index is 0.220. The van der Waals surface area contributed by atoms with Gasteiger partial charge in [0.15, 0.2) is 0 Å². The molecule has 0 unspecified atom stereocenters. The molecule has 0 atom stereocenters. The van der Waals surface area contributed by atoms with Gasteiger partial charge in [-0.2, -0.15) is 0 Å². The van der Waals surface area contributed by atoms with Gasteiger partial charge in [0.2, 0.25) is 0 Å². The van der Waals surface area contributed by atoms with E-state index in [2.05, 4.69) is 4.98 Å². The van der Waals surface area contributed by atoms with Gasteiger partial charge in [-0.25, -0.2) is 9.37 Å². The lowest BCUT2D eigenvalue weighted by Gasteiger charge is -2.02. The highest BCUT2D eigenvalue weighted by Crippen LogP contribution is 2.28. The maximum atomic E-state index is 13.3. The minimum Gasteiger partial charge on any atom is -0.383 e. The van der Waals surface area contributed by atoms with Crippen molar-refractivity contribution in [2.75, 3.05) is 5.73 Å². The van der Waals surface area contributed by atoms with Crippen molar-refractivity contribution in [2.24, 2.45) is 0 Å². The molecule has 96 valence electrons. The van der Waals surface area contributed by atoms with Crippen molar-refractivity contribution in [3.05, 3.63) is 53.5 Å². The van der Waals surface area contributed by atoms with Gasteiger partial charge < -0.3 is 5.73 Å². The van der Waals surface area contributed by atoms with Crippen molar-refractivity contribution in [3.8, 4) is 11.3 Å². The van der Waals surface area contributed by atoms with Crippen molar-refractivity contribution in [1.29, 1.82) is 0 Å². The molecule has 1 aromatic carbocycles. The molecular formula is C15H14FN3. The van der Waals surface area contributed by atoms with E-state index in [1.165, 1.54) is 6.07 Å². The quantitative estimate of drug-likeness (QED) is 0.724. The predicted molar refractivity (Wildman–Crippen MR) is 74.5 cm³/mol. The second kappa shape index (κ2) is 4.09. The van der Waals surface area contributed by atoms with Crippen molar-refractivity contribution in [3.63, 3.8) is 0 Å². The highest BCUT2D eigenvalue weighted by atomic mass is 19.1. The van der Waals surface area contributed by atoms with Gasteiger partial charge in [0.1, 0.15) is 23.0 Å². The second-order valence-electron chi connectivity index (χ2n) is 4.69. The first-order valence-electron chi connectivity index (χ1n) is 6.07. The van der Waals surface area contributed by atoms with E-state index in [1.807, 2.05) is 29.7 Å². The van der Waals surface area contributed by atoms with Gasteiger partial charge >= 0.3 is 0 Å². The standard InChI is InChI=1S/C15H14FN3/c1-9-4-3-7-19-14(17)13(18-15(9)19)11-5-6-12(16)10(2)8-11/h3-8H,17H2,1-2H3. The van der Waals surface area contributed by atoms with Crippen LogP contribution in [-0.4, -0.2) is 9.38 Å². The van der Waals surface area contributed by atoms with Crippen LogP contribution in [0.4, 0.5) is 10.2 Å². The molecule has 0 aliphatic heterocycles. The first kappa shape index (κ1) is 11.7. The Morgan fingerprint density at radius 1 is 1.16 bits per heavy atom. The molecule has 3 nitrogen and oxygen atoms in total. The summed E-state index contributed by atoms with van der Waals surface area (Å²) in [4.78, 5) is 4.57. The zero-order valence-electron chi connectivity index (χ0n) is 10.8. The number of hydrogen-bond acceptors (Lipinski definition) is 2. The van der Waals surface area contributed by atoms with Crippen molar-refractivity contribution < 1.29 is 4.39 Å². The van der Waals surface area contributed by atoms with Gasteiger partial charge in [0.25, 0.3) is 0 Å². The Hall–Kier alpha value is -2.36. The molecule has 4 heteroatoms. The maximum Gasteiger partial charge on any atom is 0.142 e. The smallest absolute Gasteiger partial charge is 0.142 e. The van der Waals surface area contributed by atoms with E-state index in [1.54, 1.807) is 19.1 Å². The Labute approximate surface area is 110 Å². The monoisotopic (exact) mass is 255 g/mol. The van der Waals surface area contributed by atoms with Gasteiger partial charge in [-0.1, -0.05) is 6.07 Å². The van der Waals surface area contributed by atoms with Crippen LogP contribution in [0.3, 0.4) is 0 Å². The Morgan fingerprint density at radius 2 is 1.95 bits per heavy atom. The summed E-state index contributed by atoms with van der Waals surface area (Å²) in [6.07, 6.45) is 1.88. The third-order valence-corrected chi connectivity index (χ3v) is 3.31. The van der Waals surface area contributed by atoms with E-state index in [4.69, 9.17) is 5.73 Å². The average Bonchev–Trinajstić information content (AvgIpc) is 2.72. The van der Waals surface area contributed by atoms with Crippen molar-refractivity contribution in [2.45, 2.75) is 13.8 Å². The number of aromatic nitrogens is 2. The number of benzene rings is 1. The SMILES string of the molecule is Cc1cc(-c2nc3c(C)cccn3c2N)ccc1F. The van der Waals surface area contributed by atoms with Gasteiger partial charge in [0.05, 0.1) is 0 Å². The second-order valence-corrected chi connectivity index (χ2v) is 4.69. The molecule has 0 amide bonds. The van der Waals surface area contributed by atoms with Crippen LogP contribution < -0.4 is 5.73 Å². The van der Waals surface area contributed by atoms with E-state index < -0.39 is 0 Å². The summed E-state index contributed by atoms with van der Waals surface area (Å²) in [6.45, 7) is 3.72. The van der Waals surface area contributed by atoms with Crippen LogP contribution in [0.15, 0.2) is 36.5 Å². The van der Waals surface area contributed by atoms with E-state index in [0.717, 1.165) is 16.8 Å². The Kier molecular flexibility index (Phi) is 2.52. The van der Waals surface area contributed by atoms with Crippen molar-refractivity contribution in [1.82, 2.24) is 9.38 Å². The zero-order chi connectivity index (χ0) is 13.6. The average molecular weight is 255 g/mol. The molecule has 0 saturated heterocycles. The first-order chi connectivity index (χ1) is 9.08. The molecule has 2 heterocycles. The zero-order valence-corrected chi connectivity index (χ0v) is 10.8. The molecule has 0 aliphatic rings. The number of anilines is 1. The van der Waals surface area contributed by atoms with Gasteiger partial charge in [0, 0.05) is 11.8 Å². The van der Waals surface area contributed by atoms with Crippen LogP contribution in [0.25, 0.3) is 16.9 Å². The number of nitrogens with zero attached hydrogens (tertiary/aromatic N) is 2. The lowest BCUT2D eigenvalue weighted by Crippen LogP contribution is -1.94. The van der Waals surface area contributed by atoms with E-state index in [0.29, 0.717) is 17.1 Å². The minimum atomic E-state index is -0.220. The highest BCUT2D eigenvalue weighted by molar-refractivity contribution is 5.76. The molecule has 2 N–H and O–H groups in total. The van der Waals surface area contributed by atoms with Crippen LogP contribution in [-0.2, 0) is 0 Å². The fourth-order valence-corrected chi connectivity index (χ4v) is 2.23. The number of fused-ring (bicyclic) bond motifs is 1. The third kappa shape index (κ3) is 1.76. The molecule has 0 aliphatic carbocycles. The molecule has 0 fully saturated rings. The van der Waals surface area contributed by atoms with Crippen LogP contribution in [0.1, 0.15) is 11.1 Å². The number of nitrogens with two attached hydrogens (primary N) is 1. The number of nitrogen functional groups attached to an aromatic ring is 1. The Balaban J connectivity index is 2.28. The Morgan fingerprint density at radius 3 is 2.63 bits per heavy atom. The van der Waals surface area contributed by atoms with Gasteiger partial charge in [-0.05, 0) is 49.2 Å². The van der Waals surface area contributed by atoms with Crippen LogP contribution in [0, 0.1) is 19.7 Å². The predicted octanol–water partition coefficient (Wildman–Crippen LogP) is 3.34. The molecule has 19 heavy (non-hydrogen) atoms. The number of imidazole rings is 1. The first-order valence-corrected chi connectivity index (χ1v) is 6.07. The molecule has 2 aromatic heterocycles. The topological polar surface area (TPSA) is 43.3 Å². The fraction of sp³-hybridized carbons (Fsp3) is 0.133. The highest BCUT2D eigenvalue weighted by Gasteiger charge is 2.13. The summed E-state index contributed by atoms with van der Waals surface area (Å²) < 4.78 is 15.2. The van der Waals surface area contributed by atoms with Gasteiger partial charge in [-0.15, -0.1) is 0 Å². The summed E-state index contributed by atoms with van der Waals surface area (Å²) in [6, 6.07) is 8.83. The molecule has 0 bridgehead atoms. The Bertz CT molecular complexity index is 774. The molecule has 3 rings (SSSR count). The number of hydrogen-bond donors (Lipinski definition) is 1. The lowest BCUT2D eigenvalue weighted by molar-refractivity contribution is 0.619.